The Balaban J connectivity index is 2.79. The largest absolute Gasteiger partial charge is 0.390 e. The summed E-state index contributed by atoms with van der Waals surface area (Å²) < 4.78 is 0.770. The van der Waals surface area contributed by atoms with Gasteiger partial charge in [-0.15, -0.1) is 6.58 Å². The minimum absolute atomic E-state index is 0.198. The summed E-state index contributed by atoms with van der Waals surface area (Å²) in [6.45, 7) is 11.1. The predicted molar refractivity (Wildman–Crippen MR) is 59.3 cm³/mol. The standard InChI is InChI=1S/C11H19N2O/c1-3-5-11-12-6-8-13(11,7-4-2)9-10-14/h3-4,14H,1-2,5-10H2/q+1. The average molecular weight is 195 g/mol. The van der Waals surface area contributed by atoms with E-state index in [9.17, 15) is 0 Å². The molecule has 1 heterocycles. The number of aliphatic hydroxyl groups excluding tert-OH is 1. The Morgan fingerprint density at radius 1 is 1.43 bits per heavy atom. The van der Waals surface area contributed by atoms with Crippen LogP contribution in [0.15, 0.2) is 30.3 Å². The molecule has 0 amide bonds. The number of amidine groups is 1. The van der Waals surface area contributed by atoms with E-state index in [1.165, 1.54) is 0 Å². The van der Waals surface area contributed by atoms with E-state index in [0.717, 1.165) is 42.9 Å². The smallest absolute Gasteiger partial charge is 0.202 e. The second-order valence-electron chi connectivity index (χ2n) is 3.58. The van der Waals surface area contributed by atoms with Crippen molar-refractivity contribution in [1.82, 2.24) is 0 Å². The first kappa shape index (κ1) is 11.1. The van der Waals surface area contributed by atoms with Gasteiger partial charge in [0.2, 0.25) is 5.84 Å². The fourth-order valence-electron chi connectivity index (χ4n) is 2.00. The zero-order valence-electron chi connectivity index (χ0n) is 8.65. The monoisotopic (exact) mass is 195 g/mol. The Kier molecular flexibility index (Phi) is 4.04. The molecule has 3 nitrogen and oxygen atoms in total. The Morgan fingerprint density at radius 3 is 2.79 bits per heavy atom. The van der Waals surface area contributed by atoms with Gasteiger partial charge in [-0.05, 0) is 6.08 Å². The molecule has 0 aromatic carbocycles. The zero-order valence-corrected chi connectivity index (χ0v) is 8.65. The average Bonchev–Trinajstić information content (AvgIpc) is 2.51. The van der Waals surface area contributed by atoms with Gasteiger partial charge < -0.3 is 5.11 Å². The van der Waals surface area contributed by atoms with Crippen LogP contribution in [-0.4, -0.2) is 48.2 Å². The third kappa shape index (κ3) is 2.11. The van der Waals surface area contributed by atoms with Crippen LogP contribution < -0.4 is 0 Å². The highest BCUT2D eigenvalue weighted by Gasteiger charge is 2.35. The van der Waals surface area contributed by atoms with E-state index in [0.29, 0.717) is 0 Å². The second-order valence-corrected chi connectivity index (χ2v) is 3.58. The van der Waals surface area contributed by atoms with Crippen molar-refractivity contribution < 1.29 is 9.59 Å². The van der Waals surface area contributed by atoms with E-state index in [1.807, 2.05) is 12.2 Å². The normalized spacial score (nSPS) is 25.9. The summed E-state index contributed by atoms with van der Waals surface area (Å²) in [6, 6.07) is 0. The van der Waals surface area contributed by atoms with Crippen LogP contribution in [-0.2, 0) is 0 Å². The van der Waals surface area contributed by atoms with Crippen LogP contribution in [0, 0.1) is 0 Å². The first-order valence-corrected chi connectivity index (χ1v) is 5.01. The molecule has 0 fully saturated rings. The fourth-order valence-corrected chi connectivity index (χ4v) is 2.00. The first-order chi connectivity index (χ1) is 6.79. The van der Waals surface area contributed by atoms with Crippen molar-refractivity contribution >= 4 is 5.84 Å². The molecule has 1 atom stereocenters. The molecule has 78 valence electrons. The van der Waals surface area contributed by atoms with Crippen molar-refractivity contribution in [3.8, 4) is 0 Å². The highest BCUT2D eigenvalue weighted by atomic mass is 16.3. The number of hydrogen-bond acceptors (Lipinski definition) is 2. The summed E-state index contributed by atoms with van der Waals surface area (Å²) in [4.78, 5) is 4.48. The SMILES string of the molecule is C=CCC1=NCC[N+]1(CC=C)CCO. The topological polar surface area (TPSA) is 32.6 Å². The molecular weight excluding hydrogens is 176 g/mol. The van der Waals surface area contributed by atoms with E-state index in [1.54, 1.807) is 0 Å². The summed E-state index contributed by atoms with van der Waals surface area (Å²) in [6.07, 6.45) is 4.59. The molecule has 0 saturated heterocycles. The van der Waals surface area contributed by atoms with Crippen LogP contribution in [0.5, 0.6) is 0 Å². The summed E-state index contributed by atoms with van der Waals surface area (Å²) >= 11 is 0. The third-order valence-corrected chi connectivity index (χ3v) is 2.70. The molecule has 1 rings (SSSR count). The van der Waals surface area contributed by atoms with Gasteiger partial charge in [0.15, 0.2) is 0 Å². The van der Waals surface area contributed by atoms with E-state index in [2.05, 4.69) is 18.2 Å². The maximum Gasteiger partial charge on any atom is 0.202 e. The molecule has 0 aromatic heterocycles. The molecule has 0 spiro atoms. The first-order valence-electron chi connectivity index (χ1n) is 5.01. The van der Waals surface area contributed by atoms with E-state index < -0.39 is 0 Å². The Morgan fingerprint density at radius 2 is 2.21 bits per heavy atom. The summed E-state index contributed by atoms with van der Waals surface area (Å²) in [7, 11) is 0. The lowest BCUT2D eigenvalue weighted by atomic mass is 10.2. The van der Waals surface area contributed by atoms with Crippen molar-refractivity contribution in [2.75, 3.05) is 32.8 Å². The molecule has 0 bridgehead atoms. The van der Waals surface area contributed by atoms with Gasteiger partial charge in [0.05, 0.1) is 19.6 Å². The molecule has 1 unspecified atom stereocenters. The Bertz CT molecular complexity index is 248. The molecule has 0 aliphatic carbocycles. The maximum absolute atomic E-state index is 9.07. The van der Waals surface area contributed by atoms with Crippen molar-refractivity contribution in [2.45, 2.75) is 6.42 Å². The zero-order chi connectivity index (χ0) is 10.4. The highest BCUT2D eigenvalue weighted by Crippen LogP contribution is 2.17. The van der Waals surface area contributed by atoms with Crippen molar-refractivity contribution in [3.63, 3.8) is 0 Å². The number of quaternary nitrogens is 1. The lowest BCUT2D eigenvalue weighted by Gasteiger charge is -2.32. The molecule has 1 aliphatic rings. The number of nitrogens with zero attached hydrogens (tertiary/aromatic N) is 2. The third-order valence-electron chi connectivity index (χ3n) is 2.70. The van der Waals surface area contributed by atoms with Crippen LogP contribution in [0.3, 0.4) is 0 Å². The van der Waals surface area contributed by atoms with Gasteiger partial charge in [-0.3, -0.25) is 4.48 Å². The maximum atomic E-state index is 9.07. The van der Waals surface area contributed by atoms with Gasteiger partial charge in [0.25, 0.3) is 0 Å². The number of rotatable bonds is 6. The number of aliphatic hydroxyl groups is 1. The van der Waals surface area contributed by atoms with Crippen LogP contribution in [0.4, 0.5) is 0 Å². The van der Waals surface area contributed by atoms with E-state index in [4.69, 9.17) is 5.11 Å². The second kappa shape index (κ2) is 5.08. The number of aliphatic imine (C=N–C) groups is 1. The molecule has 0 radical (unpaired) electrons. The van der Waals surface area contributed by atoms with Gasteiger partial charge >= 0.3 is 0 Å². The van der Waals surface area contributed by atoms with E-state index in [-0.39, 0.29) is 6.61 Å². The molecular formula is C11H19N2O+. The lowest BCUT2D eigenvalue weighted by Crippen LogP contribution is -2.52. The van der Waals surface area contributed by atoms with Crippen LogP contribution in [0.2, 0.25) is 0 Å². The van der Waals surface area contributed by atoms with Gasteiger partial charge in [0, 0.05) is 0 Å². The lowest BCUT2D eigenvalue weighted by molar-refractivity contribution is -0.830. The minimum atomic E-state index is 0.198. The predicted octanol–water partition coefficient (Wildman–Crippen LogP) is 0.970. The van der Waals surface area contributed by atoms with Crippen LogP contribution in [0.1, 0.15) is 6.42 Å². The highest BCUT2D eigenvalue weighted by molar-refractivity contribution is 5.78. The van der Waals surface area contributed by atoms with Crippen molar-refractivity contribution in [3.05, 3.63) is 25.3 Å². The van der Waals surface area contributed by atoms with Crippen LogP contribution >= 0.6 is 0 Å². The van der Waals surface area contributed by atoms with Gasteiger partial charge in [-0.25, -0.2) is 4.99 Å². The van der Waals surface area contributed by atoms with Crippen LogP contribution in [0.25, 0.3) is 0 Å². The van der Waals surface area contributed by atoms with Gasteiger partial charge in [0.1, 0.15) is 19.6 Å². The molecule has 1 N–H and O–H groups in total. The quantitative estimate of drug-likeness (QED) is 0.497. The molecule has 14 heavy (non-hydrogen) atoms. The molecule has 1 aliphatic heterocycles. The van der Waals surface area contributed by atoms with Gasteiger partial charge in [-0.1, -0.05) is 12.7 Å². The van der Waals surface area contributed by atoms with E-state index >= 15 is 0 Å². The Hall–Kier alpha value is -0.930. The fraction of sp³-hybridized carbons (Fsp3) is 0.545. The molecule has 3 heteroatoms. The molecule has 0 saturated carbocycles. The summed E-state index contributed by atoms with van der Waals surface area (Å²) in [5.74, 6) is 1.13. The summed E-state index contributed by atoms with van der Waals surface area (Å²) in [5, 5.41) is 9.07. The molecule has 0 aromatic rings. The minimum Gasteiger partial charge on any atom is -0.390 e. The number of hydrogen-bond donors (Lipinski definition) is 1. The summed E-state index contributed by atoms with van der Waals surface area (Å²) in [5.41, 5.74) is 0. The Labute approximate surface area is 85.7 Å². The van der Waals surface area contributed by atoms with Crippen molar-refractivity contribution in [2.24, 2.45) is 4.99 Å². The van der Waals surface area contributed by atoms with Gasteiger partial charge in [-0.2, -0.15) is 0 Å². The van der Waals surface area contributed by atoms with Crippen molar-refractivity contribution in [1.29, 1.82) is 0 Å².